The van der Waals surface area contributed by atoms with Crippen molar-refractivity contribution in [2.24, 2.45) is 4.99 Å². The maximum Gasteiger partial charge on any atom is 0.245 e. The highest BCUT2D eigenvalue weighted by molar-refractivity contribution is 5.85. The Labute approximate surface area is 240 Å². The van der Waals surface area contributed by atoms with Gasteiger partial charge in [0, 0.05) is 38.1 Å². The Kier molecular flexibility index (Phi) is 8.77. The van der Waals surface area contributed by atoms with Gasteiger partial charge in [0.05, 0.1) is 29.1 Å². The Hall–Kier alpha value is -4.46. The van der Waals surface area contributed by atoms with Gasteiger partial charge in [0.25, 0.3) is 0 Å². The summed E-state index contributed by atoms with van der Waals surface area (Å²) in [5.41, 5.74) is 5.22. The molecule has 0 saturated carbocycles. The smallest absolute Gasteiger partial charge is 0.245 e. The van der Waals surface area contributed by atoms with Crippen LogP contribution < -0.4 is 15.1 Å². The van der Waals surface area contributed by atoms with E-state index >= 15 is 0 Å². The fourth-order valence-corrected chi connectivity index (χ4v) is 5.07. The largest absolute Gasteiger partial charge is 0.393 e. The number of aliphatic hydroxyl groups is 2. The maximum atomic E-state index is 9.79. The van der Waals surface area contributed by atoms with Gasteiger partial charge in [-0.2, -0.15) is 10.2 Å². The first kappa shape index (κ1) is 28.1. The molecule has 0 unspecified atom stereocenters. The van der Waals surface area contributed by atoms with E-state index in [9.17, 15) is 15.5 Å². The number of piperidine rings is 2. The van der Waals surface area contributed by atoms with E-state index in [1.807, 2.05) is 55.5 Å². The molecule has 10 nitrogen and oxygen atoms in total. The number of nitrogens with zero attached hydrogens (tertiary/aromatic N) is 7. The molecule has 2 aliphatic heterocycles. The molecule has 5 rings (SSSR count). The first-order valence-corrected chi connectivity index (χ1v) is 14.0. The number of aliphatic imine (C=N–C) groups is 1. The van der Waals surface area contributed by atoms with Crippen LogP contribution in [0.4, 0.5) is 17.3 Å². The van der Waals surface area contributed by atoms with Crippen LogP contribution in [0.5, 0.6) is 0 Å². The first-order valence-electron chi connectivity index (χ1n) is 14.0. The van der Waals surface area contributed by atoms with E-state index in [2.05, 4.69) is 42.8 Å². The third-order valence-corrected chi connectivity index (χ3v) is 7.58. The standard InChI is InChI=1S/C31H36N8O2/c1-22(24-3-8-30(25(19-24)20-32)37-15-10-28(40)11-16-37)9-14-33-23(2)35-26-4-6-27(7-5-26)39-21-34-31(36-39)38-17-12-29(41)13-18-38/h3-9,14,19,21,28-29,35,40-41H,2,10-13,15-18H2,1H3/b22-9+,33-14-. The van der Waals surface area contributed by atoms with Crippen molar-refractivity contribution in [1.29, 1.82) is 5.26 Å². The average molecular weight is 553 g/mol. The molecule has 0 atom stereocenters. The summed E-state index contributed by atoms with van der Waals surface area (Å²) >= 11 is 0. The van der Waals surface area contributed by atoms with E-state index in [4.69, 9.17) is 0 Å². The zero-order valence-corrected chi connectivity index (χ0v) is 23.3. The number of allylic oxidation sites excluding steroid dienone is 2. The number of benzene rings is 2. The summed E-state index contributed by atoms with van der Waals surface area (Å²) in [6.07, 6.45) is 7.72. The van der Waals surface area contributed by atoms with Gasteiger partial charge >= 0.3 is 0 Å². The Morgan fingerprint density at radius 3 is 2.34 bits per heavy atom. The normalized spacial score (nSPS) is 17.2. The molecule has 3 N–H and O–H groups in total. The van der Waals surface area contributed by atoms with Gasteiger partial charge < -0.3 is 25.3 Å². The van der Waals surface area contributed by atoms with Gasteiger partial charge in [0.15, 0.2) is 0 Å². The quantitative estimate of drug-likeness (QED) is 0.357. The molecule has 41 heavy (non-hydrogen) atoms. The predicted octanol–water partition coefficient (Wildman–Crippen LogP) is 4.12. The van der Waals surface area contributed by atoms with Gasteiger partial charge in [-0.25, -0.2) is 9.67 Å². The molecule has 2 aromatic carbocycles. The second kappa shape index (κ2) is 12.8. The summed E-state index contributed by atoms with van der Waals surface area (Å²) in [5.74, 6) is 1.17. The molecular weight excluding hydrogens is 516 g/mol. The van der Waals surface area contributed by atoms with Crippen LogP contribution in [0.2, 0.25) is 0 Å². The van der Waals surface area contributed by atoms with Crippen LogP contribution in [0.1, 0.15) is 43.7 Å². The topological polar surface area (TPSA) is 126 Å². The molecule has 2 fully saturated rings. The van der Waals surface area contributed by atoms with Crippen molar-refractivity contribution in [3.8, 4) is 11.8 Å². The molecule has 0 radical (unpaired) electrons. The fraction of sp³-hybridized carbons (Fsp3) is 0.355. The Bertz CT molecular complexity index is 1450. The third kappa shape index (κ3) is 7.01. The number of hydrogen-bond acceptors (Lipinski definition) is 9. The number of nitriles is 1. The molecule has 0 aliphatic carbocycles. The maximum absolute atomic E-state index is 9.79. The molecule has 0 amide bonds. The van der Waals surface area contributed by atoms with Crippen LogP contribution in [-0.2, 0) is 0 Å². The number of aliphatic hydroxyl groups excluding tert-OH is 2. The molecule has 212 valence electrons. The van der Waals surface area contributed by atoms with Crippen molar-refractivity contribution < 1.29 is 10.2 Å². The summed E-state index contributed by atoms with van der Waals surface area (Å²) < 4.78 is 1.74. The fourth-order valence-electron chi connectivity index (χ4n) is 5.07. The van der Waals surface area contributed by atoms with Crippen molar-refractivity contribution in [1.82, 2.24) is 14.8 Å². The lowest BCUT2D eigenvalue weighted by atomic mass is 10.0. The number of rotatable bonds is 8. The Balaban J connectivity index is 1.16. The average Bonchev–Trinajstić information content (AvgIpc) is 3.48. The van der Waals surface area contributed by atoms with Gasteiger partial charge in [-0.3, -0.25) is 0 Å². The van der Waals surface area contributed by atoms with Crippen molar-refractivity contribution >= 4 is 29.1 Å². The second-order valence-corrected chi connectivity index (χ2v) is 10.5. The number of aromatic nitrogens is 3. The lowest BCUT2D eigenvalue weighted by Gasteiger charge is -2.32. The number of nitrogens with one attached hydrogen (secondary N) is 1. The zero-order valence-electron chi connectivity index (χ0n) is 23.3. The van der Waals surface area contributed by atoms with Gasteiger partial charge in [0.1, 0.15) is 18.2 Å². The summed E-state index contributed by atoms with van der Waals surface area (Å²) in [5, 5.41) is 37.0. The van der Waals surface area contributed by atoms with Crippen LogP contribution >= 0.6 is 0 Å². The SMILES string of the molecule is C=C(/N=C\C=C(/C)c1ccc(N2CCC(O)CC2)c(C#N)c1)Nc1ccc(-n2cnc(N3CCC(O)CC3)n2)cc1. The monoisotopic (exact) mass is 552 g/mol. The van der Waals surface area contributed by atoms with E-state index in [0.717, 1.165) is 80.1 Å². The van der Waals surface area contributed by atoms with E-state index in [0.29, 0.717) is 17.3 Å². The number of anilines is 3. The molecule has 1 aromatic heterocycles. The van der Waals surface area contributed by atoms with Gasteiger partial charge in [0.2, 0.25) is 5.95 Å². The molecule has 3 aromatic rings. The molecule has 2 saturated heterocycles. The van der Waals surface area contributed by atoms with E-state index < -0.39 is 0 Å². The minimum atomic E-state index is -0.251. The van der Waals surface area contributed by atoms with Gasteiger partial charge in [-0.05, 0) is 86.2 Å². The zero-order chi connectivity index (χ0) is 28.8. The Morgan fingerprint density at radius 2 is 1.68 bits per heavy atom. The van der Waals surface area contributed by atoms with E-state index in [1.165, 1.54) is 0 Å². The van der Waals surface area contributed by atoms with Crippen molar-refractivity contribution in [2.75, 3.05) is 41.3 Å². The van der Waals surface area contributed by atoms with Gasteiger partial charge in [-0.15, -0.1) is 5.10 Å². The van der Waals surface area contributed by atoms with Crippen LogP contribution in [0.3, 0.4) is 0 Å². The molecule has 3 heterocycles. The van der Waals surface area contributed by atoms with Gasteiger partial charge in [-0.1, -0.05) is 12.6 Å². The molecular formula is C31H36N8O2. The van der Waals surface area contributed by atoms with Crippen LogP contribution in [0, 0.1) is 11.3 Å². The van der Waals surface area contributed by atoms with Crippen LogP contribution in [-0.4, -0.2) is 69.6 Å². The van der Waals surface area contributed by atoms with E-state index in [-0.39, 0.29) is 12.2 Å². The minimum Gasteiger partial charge on any atom is -0.393 e. The predicted molar refractivity (Wildman–Crippen MR) is 162 cm³/mol. The highest BCUT2D eigenvalue weighted by Crippen LogP contribution is 2.27. The number of hydrogen-bond donors (Lipinski definition) is 3. The van der Waals surface area contributed by atoms with Crippen molar-refractivity contribution in [2.45, 2.75) is 44.8 Å². The highest BCUT2D eigenvalue weighted by atomic mass is 16.3. The molecule has 0 spiro atoms. The lowest BCUT2D eigenvalue weighted by Crippen LogP contribution is -2.36. The third-order valence-electron chi connectivity index (χ3n) is 7.58. The molecule has 10 heteroatoms. The highest BCUT2D eigenvalue weighted by Gasteiger charge is 2.21. The van der Waals surface area contributed by atoms with Crippen molar-refractivity contribution in [3.05, 3.63) is 78.4 Å². The Morgan fingerprint density at radius 1 is 1.02 bits per heavy atom. The summed E-state index contributed by atoms with van der Waals surface area (Å²) in [6, 6.07) is 16.0. The van der Waals surface area contributed by atoms with Crippen molar-refractivity contribution in [3.63, 3.8) is 0 Å². The molecule has 2 aliphatic rings. The minimum absolute atomic E-state index is 0.232. The van der Waals surface area contributed by atoms with E-state index in [1.54, 1.807) is 17.2 Å². The molecule has 0 bridgehead atoms. The summed E-state index contributed by atoms with van der Waals surface area (Å²) in [6.45, 7) is 9.00. The second-order valence-electron chi connectivity index (χ2n) is 10.5. The first-order chi connectivity index (χ1) is 19.9. The van der Waals surface area contributed by atoms with Crippen LogP contribution in [0.25, 0.3) is 11.3 Å². The summed E-state index contributed by atoms with van der Waals surface area (Å²) in [7, 11) is 0. The summed E-state index contributed by atoms with van der Waals surface area (Å²) in [4.78, 5) is 13.1. The lowest BCUT2D eigenvalue weighted by molar-refractivity contribution is 0.145. The van der Waals surface area contributed by atoms with Crippen LogP contribution in [0.15, 0.2) is 72.3 Å².